The molecule has 0 saturated heterocycles. The van der Waals surface area contributed by atoms with E-state index < -0.39 is 0 Å². The Bertz CT molecular complexity index is 682. The van der Waals surface area contributed by atoms with Crippen LogP contribution in [0.5, 0.6) is 0 Å². The summed E-state index contributed by atoms with van der Waals surface area (Å²) in [4.78, 5) is 20.8. The predicted molar refractivity (Wildman–Crippen MR) is 101 cm³/mol. The van der Waals surface area contributed by atoms with Crippen LogP contribution < -0.4 is 11.1 Å². The fraction of sp³-hybridized carbons (Fsp3) is 0.600. The summed E-state index contributed by atoms with van der Waals surface area (Å²) in [5.41, 5.74) is 7.96. The number of imidazole rings is 1. The Hall–Kier alpha value is -1.88. The number of H-pyrrole nitrogens is 1. The molecule has 1 aromatic heterocycles. The van der Waals surface area contributed by atoms with Crippen LogP contribution in [0.3, 0.4) is 0 Å². The molecule has 1 amide bonds. The number of carbonyl (C=O) groups excluding carboxylic acids is 1. The van der Waals surface area contributed by atoms with Gasteiger partial charge < -0.3 is 16.0 Å². The minimum absolute atomic E-state index is 0.0161. The number of para-hydroxylation sites is 2. The van der Waals surface area contributed by atoms with Crippen molar-refractivity contribution in [1.82, 2.24) is 15.3 Å². The number of aromatic nitrogens is 2. The molecule has 0 spiro atoms. The summed E-state index contributed by atoms with van der Waals surface area (Å²) >= 11 is 0. The average molecular weight is 342 g/mol. The number of nitrogens with two attached hydrogens (primary N) is 1. The first-order valence-corrected chi connectivity index (χ1v) is 9.47. The van der Waals surface area contributed by atoms with Crippen molar-refractivity contribution in [2.45, 2.75) is 58.4 Å². The molecule has 1 aromatic carbocycles. The van der Waals surface area contributed by atoms with E-state index in [4.69, 9.17) is 5.73 Å². The monoisotopic (exact) mass is 342 g/mol. The molecule has 1 unspecified atom stereocenters. The predicted octanol–water partition coefficient (Wildman–Crippen LogP) is 3.68. The summed E-state index contributed by atoms with van der Waals surface area (Å²) in [6, 6.07) is 7.85. The molecule has 1 aliphatic rings. The highest BCUT2D eigenvalue weighted by molar-refractivity contribution is 5.78. The van der Waals surface area contributed by atoms with E-state index in [1.165, 1.54) is 19.3 Å². The van der Waals surface area contributed by atoms with Crippen LogP contribution in [0.15, 0.2) is 24.3 Å². The number of hydrogen-bond donors (Lipinski definition) is 3. The van der Waals surface area contributed by atoms with Crippen LogP contribution in [0, 0.1) is 11.3 Å². The lowest BCUT2D eigenvalue weighted by Crippen LogP contribution is -2.40. The molecular formula is C20H30N4O. The summed E-state index contributed by atoms with van der Waals surface area (Å²) in [6.07, 6.45) is 6.27. The number of hydrogen-bond acceptors (Lipinski definition) is 3. The van der Waals surface area contributed by atoms with Gasteiger partial charge in [0, 0.05) is 6.42 Å². The van der Waals surface area contributed by atoms with Crippen molar-refractivity contribution in [2.75, 3.05) is 6.54 Å². The molecule has 1 aliphatic carbocycles. The molecule has 25 heavy (non-hydrogen) atoms. The number of fused-ring (bicyclic) bond motifs is 1. The zero-order valence-corrected chi connectivity index (χ0v) is 15.3. The minimum atomic E-state index is -0.113. The lowest BCUT2D eigenvalue weighted by Gasteiger charge is -2.36. The molecule has 5 heteroatoms. The highest BCUT2D eigenvalue weighted by atomic mass is 16.1. The van der Waals surface area contributed by atoms with Crippen molar-refractivity contribution < 1.29 is 4.79 Å². The third-order valence-electron chi connectivity index (χ3n) is 5.57. The highest BCUT2D eigenvalue weighted by Gasteiger charge is 2.34. The topological polar surface area (TPSA) is 83.8 Å². The van der Waals surface area contributed by atoms with Gasteiger partial charge in [-0.3, -0.25) is 4.79 Å². The van der Waals surface area contributed by atoms with Crippen molar-refractivity contribution in [3.63, 3.8) is 0 Å². The maximum atomic E-state index is 12.8. The lowest BCUT2D eigenvalue weighted by atomic mass is 9.71. The molecule has 0 bridgehead atoms. The number of benzene rings is 1. The normalized spacial score (nSPS) is 18.4. The van der Waals surface area contributed by atoms with Gasteiger partial charge in [0.05, 0.1) is 17.1 Å². The maximum absolute atomic E-state index is 12.8. The van der Waals surface area contributed by atoms with E-state index in [0.717, 1.165) is 29.7 Å². The Morgan fingerprint density at radius 3 is 2.64 bits per heavy atom. The zero-order chi connectivity index (χ0) is 17.9. The Morgan fingerprint density at radius 2 is 2.00 bits per heavy atom. The molecule has 1 fully saturated rings. The number of amides is 1. The van der Waals surface area contributed by atoms with Gasteiger partial charge in [-0.25, -0.2) is 4.98 Å². The molecule has 3 rings (SSSR count). The number of nitrogens with zero attached hydrogens (tertiary/aromatic N) is 1. The van der Waals surface area contributed by atoms with Gasteiger partial charge in [0.15, 0.2) is 0 Å². The number of nitrogens with one attached hydrogen (secondary N) is 2. The quantitative estimate of drug-likeness (QED) is 0.749. The van der Waals surface area contributed by atoms with Crippen molar-refractivity contribution in [3.05, 3.63) is 30.1 Å². The SMILES string of the molecule is CC(C)C(NC(=O)CC1(CN)CCCCC1)c1nc2ccccc2[nH]1. The first-order valence-electron chi connectivity index (χ1n) is 9.47. The van der Waals surface area contributed by atoms with Crippen LogP contribution in [0.2, 0.25) is 0 Å². The van der Waals surface area contributed by atoms with Gasteiger partial charge in [-0.05, 0) is 42.9 Å². The Balaban J connectivity index is 1.74. The number of rotatable bonds is 6. The number of aromatic amines is 1. The number of carbonyl (C=O) groups is 1. The second-order valence-electron chi connectivity index (χ2n) is 7.87. The van der Waals surface area contributed by atoms with Crippen LogP contribution in [0.4, 0.5) is 0 Å². The van der Waals surface area contributed by atoms with Crippen LogP contribution >= 0.6 is 0 Å². The Kier molecular flexibility index (Phi) is 5.42. The lowest BCUT2D eigenvalue weighted by molar-refractivity contribution is -0.125. The van der Waals surface area contributed by atoms with Gasteiger partial charge in [-0.2, -0.15) is 0 Å². The summed E-state index contributed by atoms with van der Waals surface area (Å²) < 4.78 is 0. The summed E-state index contributed by atoms with van der Waals surface area (Å²) in [5, 5.41) is 3.21. The fourth-order valence-electron chi connectivity index (χ4n) is 3.99. The van der Waals surface area contributed by atoms with Gasteiger partial charge >= 0.3 is 0 Å². The third-order valence-corrected chi connectivity index (χ3v) is 5.57. The Morgan fingerprint density at radius 1 is 1.28 bits per heavy atom. The molecule has 1 atom stereocenters. The maximum Gasteiger partial charge on any atom is 0.221 e. The summed E-state index contributed by atoms with van der Waals surface area (Å²) in [5.74, 6) is 1.17. The first kappa shape index (κ1) is 17.9. The molecule has 1 heterocycles. The van der Waals surface area contributed by atoms with E-state index >= 15 is 0 Å². The van der Waals surface area contributed by atoms with E-state index in [-0.39, 0.29) is 23.3 Å². The van der Waals surface area contributed by atoms with Crippen LogP contribution in [0.1, 0.15) is 64.2 Å². The van der Waals surface area contributed by atoms with Crippen molar-refractivity contribution in [2.24, 2.45) is 17.1 Å². The molecule has 4 N–H and O–H groups in total. The largest absolute Gasteiger partial charge is 0.346 e. The average Bonchev–Trinajstić information content (AvgIpc) is 3.04. The van der Waals surface area contributed by atoms with Gasteiger partial charge in [0.25, 0.3) is 0 Å². The smallest absolute Gasteiger partial charge is 0.221 e. The van der Waals surface area contributed by atoms with E-state index in [1.54, 1.807) is 0 Å². The molecule has 136 valence electrons. The molecular weight excluding hydrogens is 312 g/mol. The van der Waals surface area contributed by atoms with Gasteiger partial charge in [-0.15, -0.1) is 0 Å². The van der Waals surface area contributed by atoms with Crippen molar-refractivity contribution >= 4 is 16.9 Å². The first-order chi connectivity index (χ1) is 12.0. The minimum Gasteiger partial charge on any atom is -0.346 e. The highest BCUT2D eigenvalue weighted by Crippen LogP contribution is 2.38. The fourth-order valence-corrected chi connectivity index (χ4v) is 3.99. The van der Waals surface area contributed by atoms with Crippen LogP contribution in [-0.4, -0.2) is 22.4 Å². The second-order valence-corrected chi connectivity index (χ2v) is 7.87. The third kappa shape index (κ3) is 4.03. The molecule has 0 radical (unpaired) electrons. The van der Waals surface area contributed by atoms with E-state index in [2.05, 4.69) is 29.1 Å². The molecule has 5 nitrogen and oxygen atoms in total. The van der Waals surface area contributed by atoms with Gasteiger partial charge in [-0.1, -0.05) is 45.2 Å². The molecule has 0 aliphatic heterocycles. The van der Waals surface area contributed by atoms with Crippen molar-refractivity contribution in [1.29, 1.82) is 0 Å². The zero-order valence-electron chi connectivity index (χ0n) is 15.3. The molecule has 1 saturated carbocycles. The van der Waals surface area contributed by atoms with Crippen molar-refractivity contribution in [3.8, 4) is 0 Å². The second kappa shape index (κ2) is 7.56. The van der Waals surface area contributed by atoms with Crippen LogP contribution in [0.25, 0.3) is 11.0 Å². The van der Waals surface area contributed by atoms with Gasteiger partial charge in [0.2, 0.25) is 5.91 Å². The van der Waals surface area contributed by atoms with E-state index in [0.29, 0.717) is 13.0 Å². The van der Waals surface area contributed by atoms with E-state index in [9.17, 15) is 4.79 Å². The summed E-state index contributed by atoms with van der Waals surface area (Å²) in [7, 11) is 0. The van der Waals surface area contributed by atoms with Gasteiger partial charge in [0.1, 0.15) is 5.82 Å². The van der Waals surface area contributed by atoms with E-state index in [1.807, 2.05) is 24.3 Å². The standard InChI is InChI=1S/C20H30N4O/c1-14(2)18(19-22-15-8-4-5-9-16(15)23-19)24-17(25)12-20(13-21)10-6-3-7-11-20/h4-5,8-9,14,18H,3,6-7,10-13,21H2,1-2H3,(H,22,23)(H,24,25). The van der Waals surface area contributed by atoms with Crippen LogP contribution in [-0.2, 0) is 4.79 Å². The molecule has 2 aromatic rings. The summed E-state index contributed by atoms with van der Waals surface area (Å²) in [6.45, 7) is 4.81. The Labute approximate surface area is 149 Å².